The Balaban J connectivity index is 1.55. The lowest BCUT2D eigenvalue weighted by Crippen LogP contribution is -2.36. The van der Waals surface area contributed by atoms with Crippen LogP contribution in [0.25, 0.3) is 10.9 Å². The Kier molecular flexibility index (Phi) is 6.76. The third kappa shape index (κ3) is 5.24. The Hall–Kier alpha value is -2.29. The first kappa shape index (κ1) is 21.0. The fourth-order valence-corrected chi connectivity index (χ4v) is 4.45. The second-order valence-corrected chi connectivity index (χ2v) is 8.39. The summed E-state index contributed by atoms with van der Waals surface area (Å²) in [6.45, 7) is 3.17. The minimum absolute atomic E-state index is 0.0835. The van der Waals surface area contributed by atoms with Gasteiger partial charge in [0.2, 0.25) is 0 Å². The van der Waals surface area contributed by atoms with Crippen molar-refractivity contribution in [2.75, 3.05) is 26.3 Å². The van der Waals surface area contributed by atoms with Crippen LogP contribution in [-0.2, 0) is 11.3 Å². The number of hydrogen-bond donors (Lipinski definition) is 0. The Labute approximate surface area is 178 Å². The van der Waals surface area contributed by atoms with Crippen molar-refractivity contribution in [3.63, 3.8) is 0 Å². The summed E-state index contributed by atoms with van der Waals surface area (Å²) in [5.41, 5.74) is 1.94. The first-order chi connectivity index (χ1) is 14.6. The third-order valence-electron chi connectivity index (χ3n) is 4.95. The van der Waals surface area contributed by atoms with Crippen LogP contribution in [0.2, 0.25) is 0 Å². The second-order valence-electron chi connectivity index (χ2n) is 7.06. The largest absolute Gasteiger partial charge is 0.435 e. The molecule has 1 aliphatic rings. The van der Waals surface area contributed by atoms with Crippen molar-refractivity contribution in [3.8, 4) is 5.75 Å². The summed E-state index contributed by atoms with van der Waals surface area (Å²) in [4.78, 5) is 11.9. The summed E-state index contributed by atoms with van der Waals surface area (Å²) in [7, 11) is 0. The summed E-state index contributed by atoms with van der Waals surface area (Å²) >= 11 is 1.64. The van der Waals surface area contributed by atoms with E-state index in [-0.39, 0.29) is 11.0 Å². The Morgan fingerprint density at radius 3 is 2.53 bits per heavy atom. The molecule has 0 saturated carbocycles. The average molecular weight is 432 g/mol. The molecule has 1 aromatic heterocycles. The van der Waals surface area contributed by atoms with Gasteiger partial charge in [-0.05, 0) is 30.7 Å². The minimum atomic E-state index is -2.82. The number of fused-ring (bicyclic) bond motifs is 1. The predicted molar refractivity (Wildman–Crippen MR) is 113 cm³/mol. The second kappa shape index (κ2) is 9.68. The van der Waals surface area contributed by atoms with Crippen LogP contribution >= 0.6 is 11.8 Å². The normalized spacial score (nSPS) is 16.1. The van der Waals surface area contributed by atoms with Crippen LogP contribution in [0, 0.1) is 0 Å². The van der Waals surface area contributed by atoms with E-state index >= 15 is 0 Å². The van der Waals surface area contributed by atoms with Gasteiger partial charge in [-0.3, -0.25) is 4.90 Å². The molecule has 1 aliphatic heterocycles. The topological polar surface area (TPSA) is 47.5 Å². The molecule has 30 heavy (non-hydrogen) atoms. The van der Waals surface area contributed by atoms with Crippen molar-refractivity contribution >= 4 is 22.7 Å². The van der Waals surface area contributed by atoms with Gasteiger partial charge in [0.15, 0.2) is 0 Å². The zero-order valence-electron chi connectivity index (χ0n) is 16.6. The van der Waals surface area contributed by atoms with E-state index in [4.69, 9.17) is 14.7 Å². The van der Waals surface area contributed by atoms with Crippen LogP contribution in [0.5, 0.6) is 5.75 Å². The van der Waals surface area contributed by atoms with Crippen molar-refractivity contribution in [2.45, 2.75) is 30.4 Å². The standard InChI is InChI=1S/C22H23F2N3O2S/c1-15(16-6-8-17(9-7-16)29-22(23)24)30-21-18-4-2-3-5-19(18)25-20(26-21)14-27-10-12-28-13-11-27/h2-9,15,22H,10-14H2,1H3. The number of aromatic nitrogens is 2. The highest BCUT2D eigenvalue weighted by atomic mass is 32.2. The lowest BCUT2D eigenvalue weighted by Gasteiger charge is -2.26. The van der Waals surface area contributed by atoms with Crippen molar-refractivity contribution in [1.82, 2.24) is 14.9 Å². The number of thioether (sulfide) groups is 1. The Morgan fingerprint density at radius 1 is 1.07 bits per heavy atom. The first-order valence-corrected chi connectivity index (χ1v) is 10.7. The van der Waals surface area contributed by atoms with E-state index in [1.165, 1.54) is 0 Å². The maximum absolute atomic E-state index is 12.4. The van der Waals surface area contributed by atoms with Crippen LogP contribution in [0.4, 0.5) is 8.78 Å². The molecule has 0 amide bonds. The minimum Gasteiger partial charge on any atom is -0.435 e. The molecule has 158 valence electrons. The van der Waals surface area contributed by atoms with Crippen LogP contribution in [0.15, 0.2) is 53.6 Å². The van der Waals surface area contributed by atoms with Gasteiger partial charge in [0.1, 0.15) is 16.6 Å². The molecule has 1 fully saturated rings. The van der Waals surface area contributed by atoms with E-state index < -0.39 is 6.61 Å². The number of halogens is 2. The molecule has 5 nitrogen and oxygen atoms in total. The highest BCUT2D eigenvalue weighted by Gasteiger charge is 2.17. The van der Waals surface area contributed by atoms with Crippen molar-refractivity contribution in [1.29, 1.82) is 0 Å². The molecule has 3 aromatic rings. The fourth-order valence-electron chi connectivity index (χ4n) is 3.37. The highest BCUT2D eigenvalue weighted by molar-refractivity contribution is 7.99. The number of rotatable bonds is 7. The van der Waals surface area contributed by atoms with E-state index in [0.717, 1.165) is 53.6 Å². The monoisotopic (exact) mass is 431 g/mol. The van der Waals surface area contributed by atoms with Gasteiger partial charge < -0.3 is 9.47 Å². The van der Waals surface area contributed by atoms with E-state index in [9.17, 15) is 8.78 Å². The number of benzene rings is 2. The average Bonchev–Trinajstić information content (AvgIpc) is 2.74. The summed E-state index contributed by atoms with van der Waals surface area (Å²) in [6.07, 6.45) is 0. The lowest BCUT2D eigenvalue weighted by atomic mass is 10.1. The number of ether oxygens (including phenoxy) is 2. The van der Waals surface area contributed by atoms with Crippen LogP contribution in [-0.4, -0.2) is 47.8 Å². The number of para-hydroxylation sites is 1. The summed E-state index contributed by atoms with van der Waals surface area (Å²) in [5, 5.41) is 2.02. The molecule has 1 unspecified atom stereocenters. The number of hydrogen-bond acceptors (Lipinski definition) is 6. The van der Waals surface area contributed by atoms with Crippen molar-refractivity contribution in [2.24, 2.45) is 0 Å². The van der Waals surface area contributed by atoms with E-state index in [0.29, 0.717) is 6.54 Å². The van der Waals surface area contributed by atoms with Gasteiger partial charge in [0, 0.05) is 23.7 Å². The van der Waals surface area contributed by atoms with Gasteiger partial charge in [0.25, 0.3) is 0 Å². The highest BCUT2D eigenvalue weighted by Crippen LogP contribution is 2.37. The van der Waals surface area contributed by atoms with Crippen LogP contribution in [0.3, 0.4) is 0 Å². The van der Waals surface area contributed by atoms with Gasteiger partial charge >= 0.3 is 6.61 Å². The molecule has 1 atom stereocenters. The predicted octanol–water partition coefficient (Wildman–Crippen LogP) is 4.92. The molecule has 2 aromatic carbocycles. The molecule has 2 heterocycles. The molecule has 0 bridgehead atoms. The lowest BCUT2D eigenvalue weighted by molar-refractivity contribution is -0.0498. The van der Waals surface area contributed by atoms with E-state index in [2.05, 4.69) is 16.6 Å². The van der Waals surface area contributed by atoms with Crippen LogP contribution in [0.1, 0.15) is 23.6 Å². The molecule has 0 radical (unpaired) electrons. The molecular weight excluding hydrogens is 408 g/mol. The van der Waals surface area contributed by atoms with Gasteiger partial charge in [-0.1, -0.05) is 42.1 Å². The molecule has 8 heteroatoms. The Bertz CT molecular complexity index is 982. The zero-order chi connectivity index (χ0) is 20.9. The molecular formula is C22H23F2N3O2S. The summed E-state index contributed by atoms with van der Waals surface area (Å²) in [6, 6.07) is 14.8. The molecule has 4 rings (SSSR count). The van der Waals surface area contributed by atoms with E-state index in [1.807, 2.05) is 36.4 Å². The molecule has 0 N–H and O–H groups in total. The van der Waals surface area contributed by atoms with Gasteiger partial charge in [-0.2, -0.15) is 8.78 Å². The maximum Gasteiger partial charge on any atom is 0.387 e. The molecule has 1 saturated heterocycles. The van der Waals surface area contributed by atoms with Gasteiger partial charge in [0.05, 0.1) is 25.3 Å². The molecule has 0 aliphatic carbocycles. The quantitative estimate of drug-likeness (QED) is 0.391. The fraction of sp³-hybridized carbons (Fsp3) is 0.364. The number of alkyl halides is 2. The summed E-state index contributed by atoms with van der Waals surface area (Å²) in [5.74, 6) is 0.956. The Morgan fingerprint density at radius 2 is 1.80 bits per heavy atom. The summed E-state index contributed by atoms with van der Waals surface area (Å²) < 4.78 is 34.6. The molecule has 0 spiro atoms. The smallest absolute Gasteiger partial charge is 0.387 e. The van der Waals surface area contributed by atoms with Gasteiger partial charge in [-0.25, -0.2) is 9.97 Å². The van der Waals surface area contributed by atoms with Crippen molar-refractivity contribution < 1.29 is 18.3 Å². The first-order valence-electron chi connectivity index (χ1n) is 9.85. The number of morpholine rings is 1. The number of nitrogens with zero attached hydrogens (tertiary/aromatic N) is 3. The third-order valence-corrected chi connectivity index (χ3v) is 6.11. The zero-order valence-corrected chi connectivity index (χ0v) is 17.4. The van der Waals surface area contributed by atoms with E-state index in [1.54, 1.807) is 23.9 Å². The SMILES string of the molecule is CC(Sc1nc(CN2CCOCC2)nc2ccccc12)c1ccc(OC(F)F)cc1. The van der Waals surface area contributed by atoms with Gasteiger partial charge in [-0.15, -0.1) is 0 Å². The maximum atomic E-state index is 12.4. The van der Waals surface area contributed by atoms with Crippen molar-refractivity contribution in [3.05, 3.63) is 59.9 Å². The van der Waals surface area contributed by atoms with Crippen LogP contribution < -0.4 is 4.74 Å².